The van der Waals surface area contributed by atoms with E-state index in [1.165, 1.54) is 24.3 Å². The Kier molecular flexibility index (Phi) is 4.45. The van der Waals surface area contributed by atoms with Crippen LogP contribution in [0, 0.1) is 0 Å². The number of hydrogen-bond donors (Lipinski definition) is 0. The van der Waals surface area contributed by atoms with Crippen molar-refractivity contribution in [2.45, 2.75) is 0 Å². The van der Waals surface area contributed by atoms with Gasteiger partial charge in [0.25, 0.3) is 5.91 Å². The normalized spacial score (nSPS) is 11.1. The number of amides is 1. The zero-order valence-corrected chi connectivity index (χ0v) is 13.4. The molecule has 0 aliphatic carbocycles. The smallest absolute Gasteiger partial charge is 0.375 e. The lowest BCUT2D eigenvalue weighted by Gasteiger charge is -2.17. The van der Waals surface area contributed by atoms with Gasteiger partial charge in [-0.05, 0) is 12.1 Å². The Hall–Kier alpha value is -2.75. The van der Waals surface area contributed by atoms with Crippen molar-refractivity contribution in [2.75, 3.05) is 25.3 Å². The Balaban J connectivity index is 2.54. The van der Waals surface area contributed by atoms with Crippen molar-refractivity contribution in [3.05, 3.63) is 42.2 Å². The number of methoxy groups -OCH3 is 1. The van der Waals surface area contributed by atoms with Gasteiger partial charge in [0.2, 0.25) is 15.8 Å². The first-order valence-corrected chi connectivity index (χ1v) is 8.17. The Bertz CT molecular complexity index is 845. The number of imidazole rings is 1. The van der Waals surface area contributed by atoms with Crippen LogP contribution >= 0.6 is 0 Å². The molecule has 0 aliphatic rings. The van der Waals surface area contributed by atoms with Crippen molar-refractivity contribution in [1.29, 1.82) is 0 Å². The molecular weight excluding hydrogens is 324 g/mol. The van der Waals surface area contributed by atoms with Crippen molar-refractivity contribution in [1.82, 2.24) is 13.9 Å². The van der Waals surface area contributed by atoms with Gasteiger partial charge in [0.05, 0.1) is 31.4 Å². The van der Waals surface area contributed by atoms with E-state index < -0.39 is 27.7 Å². The summed E-state index contributed by atoms with van der Waals surface area (Å²) in [4.78, 5) is 33.0. The second kappa shape index (κ2) is 6.16. The number of pyridine rings is 1. The number of rotatable bonds is 4. The molecule has 10 heteroatoms. The Morgan fingerprint density at radius 2 is 2.00 bits per heavy atom. The quantitative estimate of drug-likeness (QED) is 0.729. The molecular formula is C13H14N4O5S. The molecule has 122 valence electrons. The van der Waals surface area contributed by atoms with Gasteiger partial charge in [-0.1, -0.05) is 0 Å². The van der Waals surface area contributed by atoms with Crippen molar-refractivity contribution in [2.24, 2.45) is 0 Å². The summed E-state index contributed by atoms with van der Waals surface area (Å²) in [5.74, 6) is -2.11. The fourth-order valence-corrected chi connectivity index (χ4v) is 2.81. The van der Waals surface area contributed by atoms with Crippen LogP contribution in [0.25, 0.3) is 0 Å². The van der Waals surface area contributed by atoms with Gasteiger partial charge in [0, 0.05) is 13.2 Å². The molecule has 0 fully saturated rings. The summed E-state index contributed by atoms with van der Waals surface area (Å²) < 4.78 is 29.0. The van der Waals surface area contributed by atoms with Crippen LogP contribution < -0.4 is 4.90 Å². The monoisotopic (exact) mass is 338 g/mol. The lowest BCUT2D eigenvalue weighted by atomic mass is 10.3. The van der Waals surface area contributed by atoms with Crippen LogP contribution in [-0.4, -0.2) is 54.6 Å². The van der Waals surface area contributed by atoms with Gasteiger partial charge in [-0.2, -0.15) is 0 Å². The first kappa shape index (κ1) is 16.6. The van der Waals surface area contributed by atoms with E-state index >= 15 is 0 Å². The molecule has 2 heterocycles. The topological polar surface area (TPSA) is 111 Å². The van der Waals surface area contributed by atoms with Gasteiger partial charge in [-0.3, -0.25) is 9.78 Å². The average molecular weight is 338 g/mol. The Labute approximate surface area is 132 Å². The van der Waals surface area contributed by atoms with Gasteiger partial charge >= 0.3 is 5.97 Å². The SMILES string of the molecule is COC(=O)c1ncc(C(=O)N(C)c2cccnc2)n1S(C)(=O)=O. The number of ether oxygens (including phenoxy) is 1. The molecule has 0 atom stereocenters. The van der Waals surface area contributed by atoms with Gasteiger partial charge in [-0.25, -0.2) is 22.2 Å². The zero-order chi connectivity index (χ0) is 17.2. The van der Waals surface area contributed by atoms with Crippen molar-refractivity contribution in [3.8, 4) is 0 Å². The van der Waals surface area contributed by atoms with E-state index in [1.807, 2.05) is 0 Å². The summed E-state index contributed by atoms with van der Waals surface area (Å²) in [6.07, 6.45) is 4.86. The maximum Gasteiger partial charge on any atom is 0.375 e. The molecule has 2 aromatic rings. The molecule has 0 aliphatic heterocycles. The highest BCUT2D eigenvalue weighted by Crippen LogP contribution is 2.17. The van der Waals surface area contributed by atoms with E-state index in [1.54, 1.807) is 12.1 Å². The lowest BCUT2D eigenvalue weighted by Crippen LogP contribution is -2.31. The van der Waals surface area contributed by atoms with E-state index in [4.69, 9.17) is 0 Å². The van der Waals surface area contributed by atoms with Gasteiger partial charge < -0.3 is 9.64 Å². The zero-order valence-electron chi connectivity index (χ0n) is 12.6. The first-order chi connectivity index (χ1) is 10.8. The third-order valence-electron chi connectivity index (χ3n) is 2.98. The summed E-state index contributed by atoms with van der Waals surface area (Å²) in [5, 5.41) is 0. The Morgan fingerprint density at radius 1 is 1.30 bits per heavy atom. The number of nitrogens with zero attached hydrogens (tertiary/aromatic N) is 4. The third-order valence-corrected chi connectivity index (χ3v) is 4.01. The number of anilines is 1. The highest BCUT2D eigenvalue weighted by atomic mass is 32.2. The summed E-state index contributed by atoms with van der Waals surface area (Å²) in [7, 11) is -1.40. The summed E-state index contributed by atoms with van der Waals surface area (Å²) in [6, 6.07) is 3.26. The summed E-state index contributed by atoms with van der Waals surface area (Å²) in [5.41, 5.74) is 0.178. The van der Waals surface area contributed by atoms with Crippen molar-refractivity contribution < 1.29 is 22.7 Å². The van der Waals surface area contributed by atoms with Crippen molar-refractivity contribution in [3.63, 3.8) is 0 Å². The molecule has 9 nitrogen and oxygen atoms in total. The third kappa shape index (κ3) is 3.21. The van der Waals surface area contributed by atoms with Crippen LogP contribution in [0.15, 0.2) is 30.7 Å². The second-order valence-corrected chi connectivity index (χ2v) is 6.39. The maximum absolute atomic E-state index is 12.6. The maximum atomic E-state index is 12.6. The van der Waals surface area contributed by atoms with E-state index in [-0.39, 0.29) is 5.69 Å². The standard InChI is InChI=1S/C13H14N4O5S/c1-16(9-5-4-6-14-7-9)12(18)10-8-15-11(13(19)22-2)17(10)23(3,20)21/h4-8H,1-3H3. The highest BCUT2D eigenvalue weighted by molar-refractivity contribution is 7.89. The molecule has 0 spiro atoms. The average Bonchev–Trinajstić information content (AvgIpc) is 2.98. The molecule has 0 bridgehead atoms. The molecule has 1 amide bonds. The molecule has 2 aromatic heterocycles. The largest absolute Gasteiger partial charge is 0.463 e. The molecule has 0 aromatic carbocycles. The predicted molar refractivity (Wildman–Crippen MR) is 80.8 cm³/mol. The number of aromatic nitrogens is 3. The van der Waals surface area contributed by atoms with Crippen LogP contribution in [0.4, 0.5) is 5.69 Å². The minimum Gasteiger partial charge on any atom is -0.463 e. The minimum absolute atomic E-state index is 0.278. The van der Waals surface area contributed by atoms with Crippen LogP contribution in [0.5, 0.6) is 0 Å². The molecule has 0 radical (unpaired) electrons. The van der Waals surface area contributed by atoms with Crippen LogP contribution in [0.2, 0.25) is 0 Å². The number of carbonyl (C=O) groups excluding carboxylic acids is 2. The summed E-state index contributed by atoms with van der Waals surface area (Å²) in [6.45, 7) is 0. The predicted octanol–water partition coefficient (Wildman–Crippen LogP) is 0.149. The number of esters is 1. The molecule has 0 saturated carbocycles. The van der Waals surface area contributed by atoms with Gasteiger partial charge in [0.1, 0.15) is 5.69 Å². The molecule has 0 N–H and O–H groups in total. The first-order valence-electron chi connectivity index (χ1n) is 6.32. The minimum atomic E-state index is -3.95. The number of carbonyl (C=O) groups is 2. The summed E-state index contributed by atoms with van der Waals surface area (Å²) >= 11 is 0. The van der Waals surface area contributed by atoms with Gasteiger partial charge in [0.15, 0.2) is 0 Å². The molecule has 2 rings (SSSR count). The van der Waals surface area contributed by atoms with Crippen molar-refractivity contribution >= 4 is 27.6 Å². The van der Waals surface area contributed by atoms with E-state index in [9.17, 15) is 18.0 Å². The van der Waals surface area contributed by atoms with E-state index in [2.05, 4.69) is 14.7 Å². The van der Waals surface area contributed by atoms with Crippen LogP contribution in [-0.2, 0) is 14.8 Å². The van der Waals surface area contributed by atoms with E-state index in [0.29, 0.717) is 9.66 Å². The number of hydrogen-bond acceptors (Lipinski definition) is 7. The van der Waals surface area contributed by atoms with Gasteiger partial charge in [-0.15, -0.1) is 0 Å². The van der Waals surface area contributed by atoms with E-state index in [0.717, 1.165) is 19.6 Å². The Morgan fingerprint density at radius 3 is 2.52 bits per heavy atom. The highest BCUT2D eigenvalue weighted by Gasteiger charge is 2.29. The fourth-order valence-electron chi connectivity index (χ4n) is 1.89. The van der Waals surface area contributed by atoms with Crippen LogP contribution in [0.3, 0.4) is 0 Å². The second-order valence-electron chi connectivity index (χ2n) is 4.56. The molecule has 23 heavy (non-hydrogen) atoms. The molecule has 0 saturated heterocycles. The lowest BCUT2D eigenvalue weighted by molar-refractivity contribution is 0.0586. The van der Waals surface area contributed by atoms with Crippen LogP contribution in [0.1, 0.15) is 21.1 Å². The molecule has 0 unspecified atom stereocenters. The fraction of sp³-hybridized carbons (Fsp3) is 0.231.